The standard InChI is InChI=1S/C11H12N4O2S/c1-8-12-13-11(14(8)2)18-7-9-3-5-10(6-4-9)15(16)17/h3-6H,7H2,1-2H3. The van der Waals surface area contributed by atoms with Crippen molar-refractivity contribution in [1.29, 1.82) is 0 Å². The van der Waals surface area contributed by atoms with Crippen molar-refractivity contribution < 1.29 is 4.92 Å². The predicted octanol–water partition coefficient (Wildman–Crippen LogP) is 2.32. The molecule has 0 aliphatic carbocycles. The van der Waals surface area contributed by atoms with Crippen LogP contribution in [-0.2, 0) is 12.8 Å². The van der Waals surface area contributed by atoms with Gasteiger partial charge >= 0.3 is 0 Å². The number of nitro groups is 1. The fraction of sp³-hybridized carbons (Fsp3) is 0.273. The van der Waals surface area contributed by atoms with Crippen LogP contribution in [0.15, 0.2) is 29.4 Å². The van der Waals surface area contributed by atoms with Gasteiger partial charge in [0, 0.05) is 24.9 Å². The quantitative estimate of drug-likeness (QED) is 0.481. The van der Waals surface area contributed by atoms with E-state index in [1.165, 1.54) is 12.1 Å². The molecule has 0 saturated carbocycles. The van der Waals surface area contributed by atoms with E-state index in [0.29, 0.717) is 5.75 Å². The summed E-state index contributed by atoms with van der Waals surface area (Å²) in [6.07, 6.45) is 0. The number of hydrogen-bond donors (Lipinski definition) is 0. The van der Waals surface area contributed by atoms with Gasteiger partial charge in [0.2, 0.25) is 0 Å². The van der Waals surface area contributed by atoms with Gasteiger partial charge in [-0.05, 0) is 12.5 Å². The average molecular weight is 264 g/mol. The third kappa shape index (κ3) is 2.67. The highest BCUT2D eigenvalue weighted by Crippen LogP contribution is 2.22. The molecule has 18 heavy (non-hydrogen) atoms. The lowest BCUT2D eigenvalue weighted by Crippen LogP contribution is -1.94. The van der Waals surface area contributed by atoms with E-state index in [0.717, 1.165) is 16.5 Å². The molecular formula is C11H12N4O2S. The molecule has 94 valence electrons. The summed E-state index contributed by atoms with van der Waals surface area (Å²) in [5, 5.41) is 19.4. The largest absolute Gasteiger partial charge is 0.309 e. The van der Waals surface area contributed by atoms with E-state index in [9.17, 15) is 10.1 Å². The zero-order valence-corrected chi connectivity index (χ0v) is 10.8. The molecule has 7 heteroatoms. The highest BCUT2D eigenvalue weighted by atomic mass is 32.2. The normalized spacial score (nSPS) is 10.6. The second-order valence-corrected chi connectivity index (χ2v) is 4.74. The highest BCUT2D eigenvalue weighted by molar-refractivity contribution is 7.98. The molecule has 2 rings (SSSR count). The Kier molecular flexibility index (Phi) is 3.61. The Balaban J connectivity index is 2.02. The van der Waals surface area contributed by atoms with E-state index < -0.39 is 4.92 Å². The molecule has 6 nitrogen and oxygen atoms in total. The Morgan fingerprint density at radius 1 is 1.33 bits per heavy atom. The Morgan fingerprint density at radius 2 is 2.00 bits per heavy atom. The van der Waals surface area contributed by atoms with Crippen LogP contribution in [0.3, 0.4) is 0 Å². The maximum atomic E-state index is 10.5. The van der Waals surface area contributed by atoms with Gasteiger partial charge in [0.1, 0.15) is 5.82 Å². The van der Waals surface area contributed by atoms with Crippen LogP contribution in [0.1, 0.15) is 11.4 Å². The summed E-state index contributed by atoms with van der Waals surface area (Å²) in [4.78, 5) is 10.1. The van der Waals surface area contributed by atoms with Crippen molar-refractivity contribution in [3.8, 4) is 0 Å². The topological polar surface area (TPSA) is 73.8 Å². The molecule has 1 heterocycles. The molecule has 2 aromatic rings. The van der Waals surface area contributed by atoms with E-state index in [4.69, 9.17) is 0 Å². The molecule has 0 amide bonds. The molecule has 1 aromatic carbocycles. The summed E-state index contributed by atoms with van der Waals surface area (Å²) < 4.78 is 1.91. The average Bonchev–Trinajstić information content (AvgIpc) is 2.68. The highest BCUT2D eigenvalue weighted by Gasteiger charge is 2.07. The molecule has 0 fully saturated rings. The van der Waals surface area contributed by atoms with E-state index in [2.05, 4.69) is 10.2 Å². The van der Waals surface area contributed by atoms with Crippen LogP contribution in [0.25, 0.3) is 0 Å². The Labute approximate surface area is 108 Å². The molecule has 0 aliphatic rings. The zero-order chi connectivity index (χ0) is 13.1. The maximum absolute atomic E-state index is 10.5. The minimum atomic E-state index is -0.400. The second-order valence-electron chi connectivity index (χ2n) is 3.80. The molecule has 1 aromatic heterocycles. The van der Waals surface area contributed by atoms with Gasteiger partial charge in [-0.1, -0.05) is 23.9 Å². The van der Waals surface area contributed by atoms with Gasteiger partial charge in [-0.25, -0.2) is 0 Å². The Hall–Kier alpha value is -1.89. The molecule has 0 spiro atoms. The number of aryl methyl sites for hydroxylation is 1. The first-order valence-electron chi connectivity index (χ1n) is 5.30. The molecule has 0 N–H and O–H groups in total. The van der Waals surface area contributed by atoms with Gasteiger partial charge in [0.15, 0.2) is 5.16 Å². The van der Waals surface area contributed by atoms with Gasteiger partial charge in [-0.15, -0.1) is 10.2 Å². The summed E-state index contributed by atoms with van der Waals surface area (Å²) >= 11 is 1.55. The van der Waals surface area contributed by atoms with Crippen LogP contribution in [0, 0.1) is 17.0 Å². The number of aromatic nitrogens is 3. The van der Waals surface area contributed by atoms with Gasteiger partial charge in [-0.2, -0.15) is 0 Å². The lowest BCUT2D eigenvalue weighted by molar-refractivity contribution is -0.384. The maximum Gasteiger partial charge on any atom is 0.269 e. The molecule has 0 radical (unpaired) electrons. The number of rotatable bonds is 4. The summed E-state index contributed by atoms with van der Waals surface area (Å²) in [5.41, 5.74) is 1.13. The van der Waals surface area contributed by atoms with Crippen LogP contribution >= 0.6 is 11.8 Å². The third-order valence-electron chi connectivity index (χ3n) is 2.57. The smallest absolute Gasteiger partial charge is 0.269 e. The van der Waals surface area contributed by atoms with Crippen LogP contribution in [0.2, 0.25) is 0 Å². The van der Waals surface area contributed by atoms with Crippen molar-refractivity contribution in [1.82, 2.24) is 14.8 Å². The van der Waals surface area contributed by atoms with Gasteiger partial charge < -0.3 is 4.57 Å². The lowest BCUT2D eigenvalue weighted by atomic mass is 10.2. The Morgan fingerprint density at radius 3 is 2.50 bits per heavy atom. The van der Waals surface area contributed by atoms with E-state index in [-0.39, 0.29) is 5.69 Å². The SMILES string of the molecule is Cc1nnc(SCc2ccc([N+](=O)[O-])cc2)n1C. The van der Waals surface area contributed by atoms with Crippen molar-refractivity contribution in [3.63, 3.8) is 0 Å². The summed E-state index contributed by atoms with van der Waals surface area (Å²) in [7, 11) is 1.91. The van der Waals surface area contributed by atoms with E-state index in [1.54, 1.807) is 23.9 Å². The molecule has 0 aliphatic heterocycles. The lowest BCUT2D eigenvalue weighted by Gasteiger charge is -2.01. The van der Waals surface area contributed by atoms with Crippen molar-refractivity contribution in [2.75, 3.05) is 0 Å². The second kappa shape index (κ2) is 5.18. The molecular weight excluding hydrogens is 252 g/mol. The number of nitro benzene ring substituents is 1. The monoisotopic (exact) mass is 264 g/mol. The van der Waals surface area contributed by atoms with Crippen molar-refractivity contribution in [2.24, 2.45) is 7.05 Å². The first-order valence-corrected chi connectivity index (χ1v) is 6.28. The minimum Gasteiger partial charge on any atom is -0.309 e. The predicted molar refractivity (Wildman–Crippen MR) is 68.4 cm³/mol. The fourth-order valence-corrected chi connectivity index (χ4v) is 2.29. The summed E-state index contributed by atoms with van der Waals surface area (Å²) in [6.45, 7) is 1.89. The van der Waals surface area contributed by atoms with Crippen LogP contribution in [-0.4, -0.2) is 19.7 Å². The number of benzene rings is 1. The van der Waals surface area contributed by atoms with E-state index >= 15 is 0 Å². The molecule has 0 unspecified atom stereocenters. The summed E-state index contributed by atoms with van der Waals surface area (Å²) in [6, 6.07) is 6.54. The van der Waals surface area contributed by atoms with Crippen molar-refractivity contribution in [2.45, 2.75) is 17.8 Å². The molecule has 0 bridgehead atoms. The minimum absolute atomic E-state index is 0.109. The number of nitrogens with zero attached hydrogens (tertiary/aromatic N) is 4. The number of thioether (sulfide) groups is 1. The van der Waals surface area contributed by atoms with Crippen molar-refractivity contribution in [3.05, 3.63) is 45.8 Å². The van der Waals surface area contributed by atoms with Crippen molar-refractivity contribution >= 4 is 17.4 Å². The first-order chi connectivity index (χ1) is 8.58. The summed E-state index contributed by atoms with van der Waals surface area (Å²) in [5.74, 6) is 1.57. The van der Waals surface area contributed by atoms with Gasteiger partial charge in [-0.3, -0.25) is 10.1 Å². The number of non-ortho nitro benzene ring substituents is 1. The van der Waals surface area contributed by atoms with Gasteiger partial charge in [0.05, 0.1) is 4.92 Å². The third-order valence-corrected chi connectivity index (χ3v) is 3.66. The molecule has 0 atom stereocenters. The van der Waals surface area contributed by atoms with Crippen LogP contribution < -0.4 is 0 Å². The zero-order valence-electron chi connectivity index (χ0n) is 10.0. The fourth-order valence-electron chi connectivity index (χ4n) is 1.38. The van der Waals surface area contributed by atoms with Crippen LogP contribution in [0.5, 0.6) is 0 Å². The van der Waals surface area contributed by atoms with E-state index in [1.807, 2.05) is 18.5 Å². The first kappa shape index (κ1) is 12.6. The van der Waals surface area contributed by atoms with Crippen LogP contribution in [0.4, 0.5) is 5.69 Å². The van der Waals surface area contributed by atoms with Gasteiger partial charge in [0.25, 0.3) is 5.69 Å². The molecule has 0 saturated heterocycles. The Bertz CT molecular complexity index is 565. The number of hydrogen-bond acceptors (Lipinski definition) is 5.